The maximum Gasteiger partial charge on any atom is 0.257 e. The molecule has 0 unspecified atom stereocenters. The summed E-state index contributed by atoms with van der Waals surface area (Å²) in [5.41, 5.74) is 1.15. The van der Waals surface area contributed by atoms with Crippen LogP contribution >= 0.6 is 0 Å². The molecule has 8 heteroatoms. The van der Waals surface area contributed by atoms with Crippen molar-refractivity contribution in [1.82, 2.24) is 4.98 Å². The first-order valence-corrected chi connectivity index (χ1v) is 9.41. The van der Waals surface area contributed by atoms with E-state index in [2.05, 4.69) is 15.2 Å². The smallest absolute Gasteiger partial charge is 0.257 e. The van der Waals surface area contributed by atoms with Crippen LogP contribution in [0.1, 0.15) is 23.2 Å². The summed E-state index contributed by atoms with van der Waals surface area (Å²) in [4.78, 5) is 19.2. The van der Waals surface area contributed by atoms with Gasteiger partial charge in [-0.2, -0.15) is 0 Å². The third-order valence-electron chi connectivity index (χ3n) is 5.30. The van der Waals surface area contributed by atoms with Gasteiger partial charge in [-0.1, -0.05) is 0 Å². The fourth-order valence-electron chi connectivity index (χ4n) is 3.75. The van der Waals surface area contributed by atoms with Gasteiger partial charge in [-0.25, -0.2) is 4.98 Å². The van der Waals surface area contributed by atoms with Gasteiger partial charge in [0.2, 0.25) is 6.79 Å². The Morgan fingerprint density at radius 2 is 1.82 bits per heavy atom. The number of piperidine rings is 1. The Balaban J connectivity index is 1.22. The second kappa shape index (κ2) is 6.96. The van der Waals surface area contributed by atoms with Crippen LogP contribution in [0.2, 0.25) is 0 Å². The first-order valence-electron chi connectivity index (χ1n) is 9.41. The molecule has 3 aliphatic heterocycles. The van der Waals surface area contributed by atoms with E-state index in [1.165, 1.54) is 0 Å². The summed E-state index contributed by atoms with van der Waals surface area (Å²) in [5, 5.41) is 2.86. The summed E-state index contributed by atoms with van der Waals surface area (Å²) >= 11 is 0. The molecule has 0 aliphatic carbocycles. The summed E-state index contributed by atoms with van der Waals surface area (Å²) in [7, 11) is 0. The number of aromatic nitrogens is 1. The molecule has 2 saturated heterocycles. The molecule has 1 N–H and O–H groups in total. The van der Waals surface area contributed by atoms with Crippen LogP contribution in [-0.4, -0.2) is 49.8 Å². The van der Waals surface area contributed by atoms with Gasteiger partial charge in [-0.05, 0) is 24.3 Å². The molecule has 0 atom stereocenters. The molecule has 0 radical (unpaired) electrons. The Morgan fingerprint density at radius 3 is 2.57 bits per heavy atom. The number of nitrogens with one attached hydrogen (secondary N) is 1. The predicted octanol–water partition coefficient (Wildman–Crippen LogP) is 2.41. The van der Waals surface area contributed by atoms with Crippen molar-refractivity contribution in [3.63, 3.8) is 0 Å². The Bertz CT molecular complexity index is 870. The topological polar surface area (TPSA) is 82.2 Å². The molecule has 2 aromatic rings. The fourth-order valence-corrected chi connectivity index (χ4v) is 3.75. The van der Waals surface area contributed by atoms with Crippen molar-refractivity contribution in [2.45, 2.75) is 18.6 Å². The lowest BCUT2D eigenvalue weighted by Crippen LogP contribution is -2.45. The zero-order chi connectivity index (χ0) is 19.0. The Hall–Kier alpha value is -2.84. The monoisotopic (exact) mass is 383 g/mol. The standard InChI is InChI=1S/C20H21N3O5/c24-19(22-15-2-3-16-17(11-15)26-13-25-16)14-1-4-18(21-12-14)23-7-5-20(6-8-23)27-9-10-28-20/h1-4,11-12H,5-10,13H2,(H,22,24). The number of hydrogen-bond acceptors (Lipinski definition) is 7. The highest BCUT2D eigenvalue weighted by atomic mass is 16.7. The van der Waals surface area contributed by atoms with Crippen LogP contribution in [0.15, 0.2) is 36.5 Å². The second-order valence-corrected chi connectivity index (χ2v) is 7.02. The fraction of sp³-hybridized carbons (Fsp3) is 0.400. The lowest BCUT2D eigenvalue weighted by molar-refractivity contribution is -0.169. The van der Waals surface area contributed by atoms with Crippen molar-refractivity contribution in [2.75, 3.05) is 43.3 Å². The Labute approximate surface area is 162 Å². The first kappa shape index (κ1) is 17.3. The van der Waals surface area contributed by atoms with Gasteiger partial charge in [0.15, 0.2) is 17.3 Å². The van der Waals surface area contributed by atoms with Gasteiger partial charge in [-0.3, -0.25) is 4.79 Å². The number of benzene rings is 1. The number of pyridine rings is 1. The predicted molar refractivity (Wildman–Crippen MR) is 101 cm³/mol. The van der Waals surface area contributed by atoms with Crippen LogP contribution in [0, 0.1) is 0 Å². The normalized spacial score (nSPS) is 19.8. The molecular formula is C20H21N3O5. The van der Waals surface area contributed by atoms with Crippen molar-refractivity contribution in [3.05, 3.63) is 42.1 Å². The molecule has 1 spiro atoms. The van der Waals surface area contributed by atoms with Gasteiger partial charge < -0.3 is 29.2 Å². The Morgan fingerprint density at radius 1 is 1.04 bits per heavy atom. The summed E-state index contributed by atoms with van der Waals surface area (Å²) in [6, 6.07) is 8.98. The van der Waals surface area contributed by atoms with Crippen LogP contribution in [0.25, 0.3) is 0 Å². The number of anilines is 2. The molecule has 1 amide bonds. The average molecular weight is 383 g/mol. The molecule has 3 aliphatic rings. The molecule has 0 bridgehead atoms. The van der Waals surface area contributed by atoms with Crippen molar-refractivity contribution in [2.24, 2.45) is 0 Å². The van der Waals surface area contributed by atoms with E-state index in [1.807, 2.05) is 6.07 Å². The number of hydrogen-bond donors (Lipinski definition) is 1. The number of nitrogens with zero attached hydrogens (tertiary/aromatic N) is 2. The summed E-state index contributed by atoms with van der Waals surface area (Å²) in [5.74, 6) is 1.54. The van der Waals surface area contributed by atoms with E-state index in [9.17, 15) is 4.79 Å². The number of ether oxygens (including phenoxy) is 4. The molecule has 1 aromatic heterocycles. The molecular weight excluding hydrogens is 362 g/mol. The molecule has 4 heterocycles. The zero-order valence-electron chi connectivity index (χ0n) is 15.3. The zero-order valence-corrected chi connectivity index (χ0v) is 15.3. The molecule has 0 saturated carbocycles. The van der Waals surface area contributed by atoms with Crippen molar-refractivity contribution < 1.29 is 23.7 Å². The summed E-state index contributed by atoms with van der Waals surface area (Å²) in [6.07, 6.45) is 3.24. The van der Waals surface area contributed by atoms with E-state index in [1.54, 1.807) is 30.5 Å². The third-order valence-corrected chi connectivity index (χ3v) is 5.30. The van der Waals surface area contributed by atoms with Crippen molar-refractivity contribution in [1.29, 1.82) is 0 Å². The minimum absolute atomic E-state index is 0.202. The van der Waals surface area contributed by atoms with E-state index >= 15 is 0 Å². The first-order chi connectivity index (χ1) is 13.7. The molecule has 28 heavy (non-hydrogen) atoms. The number of rotatable bonds is 3. The summed E-state index contributed by atoms with van der Waals surface area (Å²) < 4.78 is 22.1. The van der Waals surface area contributed by atoms with Gasteiger partial charge in [0.05, 0.1) is 18.8 Å². The van der Waals surface area contributed by atoms with E-state index in [0.717, 1.165) is 31.7 Å². The van der Waals surface area contributed by atoms with Crippen LogP contribution in [-0.2, 0) is 9.47 Å². The largest absolute Gasteiger partial charge is 0.454 e. The van der Waals surface area contributed by atoms with E-state index in [0.29, 0.717) is 36.0 Å². The quantitative estimate of drug-likeness (QED) is 0.871. The second-order valence-electron chi connectivity index (χ2n) is 7.02. The van der Waals surface area contributed by atoms with Crippen LogP contribution in [0.3, 0.4) is 0 Å². The lowest BCUT2D eigenvalue weighted by Gasteiger charge is -2.38. The Kier molecular flexibility index (Phi) is 4.29. The molecule has 146 valence electrons. The van der Waals surface area contributed by atoms with E-state index < -0.39 is 5.79 Å². The SMILES string of the molecule is O=C(Nc1ccc2c(c1)OCO2)c1ccc(N2CCC3(CC2)OCCO3)nc1. The highest BCUT2D eigenvalue weighted by Crippen LogP contribution is 2.35. The van der Waals surface area contributed by atoms with Crippen molar-refractivity contribution in [3.8, 4) is 11.5 Å². The van der Waals surface area contributed by atoms with Crippen molar-refractivity contribution >= 4 is 17.4 Å². The molecule has 1 aromatic carbocycles. The van der Waals surface area contributed by atoms with Gasteiger partial charge in [0.25, 0.3) is 5.91 Å². The minimum Gasteiger partial charge on any atom is -0.454 e. The number of fused-ring (bicyclic) bond motifs is 1. The third kappa shape index (κ3) is 3.25. The minimum atomic E-state index is -0.402. The maximum absolute atomic E-state index is 12.5. The highest BCUT2D eigenvalue weighted by molar-refractivity contribution is 6.04. The van der Waals surface area contributed by atoms with Gasteiger partial charge in [0.1, 0.15) is 5.82 Å². The summed E-state index contributed by atoms with van der Waals surface area (Å²) in [6.45, 7) is 3.18. The number of amides is 1. The van der Waals surface area contributed by atoms with Gasteiger partial charge in [-0.15, -0.1) is 0 Å². The number of carbonyl (C=O) groups is 1. The highest BCUT2D eigenvalue weighted by Gasteiger charge is 2.40. The molecule has 5 rings (SSSR count). The van der Waals surface area contributed by atoms with E-state index in [-0.39, 0.29) is 12.7 Å². The molecule has 2 fully saturated rings. The van der Waals surface area contributed by atoms with Gasteiger partial charge in [0, 0.05) is 43.9 Å². The average Bonchev–Trinajstić information content (AvgIpc) is 3.38. The van der Waals surface area contributed by atoms with E-state index in [4.69, 9.17) is 18.9 Å². The molecule has 8 nitrogen and oxygen atoms in total. The lowest BCUT2D eigenvalue weighted by atomic mass is 10.0. The number of carbonyl (C=O) groups excluding carboxylic acids is 1. The van der Waals surface area contributed by atoms with Crippen LogP contribution in [0.5, 0.6) is 11.5 Å². The van der Waals surface area contributed by atoms with Gasteiger partial charge >= 0.3 is 0 Å². The van der Waals surface area contributed by atoms with Crippen LogP contribution in [0.4, 0.5) is 11.5 Å². The maximum atomic E-state index is 12.5. The van der Waals surface area contributed by atoms with Crippen LogP contribution < -0.4 is 19.7 Å².